The third kappa shape index (κ3) is 4.11. The van der Waals surface area contributed by atoms with E-state index in [1.54, 1.807) is 31.4 Å². The van der Waals surface area contributed by atoms with Crippen molar-refractivity contribution in [1.82, 2.24) is 0 Å². The number of fused-ring (bicyclic) bond motifs is 4. The summed E-state index contributed by atoms with van der Waals surface area (Å²) in [5, 5.41) is 0. The molecule has 30 heavy (non-hydrogen) atoms. The summed E-state index contributed by atoms with van der Waals surface area (Å²) in [6, 6.07) is 10.1. The van der Waals surface area contributed by atoms with Gasteiger partial charge in [-0.1, -0.05) is 18.2 Å². The van der Waals surface area contributed by atoms with Gasteiger partial charge in [0, 0.05) is 11.5 Å². The molecular formula is C24H26O5Os. The predicted octanol–water partition coefficient (Wildman–Crippen LogP) is 4.88. The number of Topliss-reactive ketones (excluding diaryl/α,β-unsaturated/α-hetero) is 1. The quantitative estimate of drug-likeness (QED) is 0.482. The van der Waals surface area contributed by atoms with Gasteiger partial charge in [-0.05, 0) is 32.9 Å². The van der Waals surface area contributed by atoms with E-state index in [2.05, 4.69) is 12.6 Å². The van der Waals surface area contributed by atoms with Crippen LogP contribution in [0.25, 0.3) is 6.08 Å². The molecule has 2 heterocycles. The number of carbonyl (C=O) groups is 1. The van der Waals surface area contributed by atoms with Crippen LogP contribution in [0.15, 0.2) is 30.8 Å². The Hall–Kier alpha value is -2.31. The summed E-state index contributed by atoms with van der Waals surface area (Å²) in [5.74, 6) is 1.88. The number of benzene rings is 2. The average Bonchev–Trinajstić information content (AvgIpc) is 2.65. The Labute approximate surface area is 191 Å². The number of carbonyl (C=O) groups excluding carboxylic acids is 1. The zero-order valence-corrected chi connectivity index (χ0v) is 20.4. The van der Waals surface area contributed by atoms with Crippen LogP contribution in [0, 0.1) is 13.5 Å². The van der Waals surface area contributed by atoms with E-state index in [0.29, 0.717) is 34.1 Å². The number of hydrogen-bond donors (Lipinski definition) is 0. The number of methoxy groups -OCH3 is 1. The standard InChI is InChI=1S/C23H23O5.CH3.Os/c1-6-14-18(28-23(2,3)4)10-8-15-21(24)20-16-11-13(25-5)7-9-17(16)26-12-19(20)27-22(14)15;;/h6,8-11,19-20H,1,12H2,2-5H3;1H3;/q2*-1;+2. The Bertz CT molecular complexity index is 961. The van der Waals surface area contributed by atoms with Gasteiger partial charge in [-0.25, -0.2) is 0 Å². The smallest absolute Gasteiger partial charge is 0.547 e. The second kappa shape index (κ2) is 8.82. The molecule has 2 aliphatic rings. The predicted molar refractivity (Wildman–Crippen MR) is 112 cm³/mol. The minimum atomic E-state index is -0.452. The molecule has 0 aliphatic carbocycles. The first-order valence-corrected chi connectivity index (χ1v) is 9.24. The maximum absolute atomic E-state index is 13.4. The number of rotatable bonds is 3. The molecule has 2 aliphatic heterocycles. The molecule has 0 N–H and O–H groups in total. The molecule has 0 saturated heterocycles. The summed E-state index contributed by atoms with van der Waals surface area (Å²) >= 11 is 0. The fourth-order valence-corrected chi connectivity index (χ4v) is 3.67. The van der Waals surface area contributed by atoms with Gasteiger partial charge in [-0.2, -0.15) is 0 Å². The summed E-state index contributed by atoms with van der Waals surface area (Å²) in [5.41, 5.74) is 1.59. The van der Waals surface area contributed by atoms with Crippen molar-refractivity contribution >= 4 is 11.9 Å². The van der Waals surface area contributed by atoms with Crippen LogP contribution in [-0.2, 0) is 19.8 Å². The van der Waals surface area contributed by atoms with E-state index in [0.717, 1.165) is 5.56 Å². The van der Waals surface area contributed by atoms with E-state index in [1.165, 1.54) is 0 Å². The second-order valence-corrected chi connectivity index (χ2v) is 7.90. The van der Waals surface area contributed by atoms with Gasteiger partial charge < -0.3 is 26.4 Å². The molecule has 0 amide bonds. The van der Waals surface area contributed by atoms with Crippen molar-refractivity contribution in [2.24, 2.45) is 0 Å². The zero-order chi connectivity index (χ0) is 20.1. The van der Waals surface area contributed by atoms with Crippen LogP contribution in [0.1, 0.15) is 48.2 Å². The molecule has 2 unspecified atom stereocenters. The fraction of sp³-hybridized carbons (Fsp3) is 0.333. The van der Waals surface area contributed by atoms with Gasteiger partial charge in [0.05, 0.1) is 24.2 Å². The monoisotopic (exact) mass is 586 g/mol. The van der Waals surface area contributed by atoms with Crippen molar-refractivity contribution in [3.05, 3.63) is 61.0 Å². The first-order valence-electron chi connectivity index (χ1n) is 9.24. The van der Waals surface area contributed by atoms with Crippen LogP contribution in [-0.4, -0.2) is 31.2 Å². The normalized spacial score (nSPS) is 18.7. The first kappa shape index (κ1) is 24.0. The van der Waals surface area contributed by atoms with Crippen LogP contribution < -0.4 is 18.9 Å². The Morgan fingerprint density at radius 3 is 2.67 bits per heavy atom. The van der Waals surface area contributed by atoms with Crippen LogP contribution in [0.5, 0.6) is 23.0 Å². The molecule has 2 aromatic carbocycles. The molecule has 0 aromatic heterocycles. The van der Waals surface area contributed by atoms with E-state index in [9.17, 15) is 4.79 Å². The molecule has 0 fully saturated rings. The number of ketones is 1. The van der Waals surface area contributed by atoms with Crippen LogP contribution in [0.2, 0.25) is 0 Å². The zero-order valence-electron chi connectivity index (χ0n) is 17.9. The van der Waals surface area contributed by atoms with Gasteiger partial charge in [-0.3, -0.25) is 4.79 Å². The third-order valence-corrected chi connectivity index (χ3v) is 4.84. The summed E-state index contributed by atoms with van der Waals surface area (Å²) in [6.07, 6.45) is 1.24. The van der Waals surface area contributed by atoms with E-state index in [4.69, 9.17) is 18.9 Å². The second-order valence-electron chi connectivity index (χ2n) is 7.90. The van der Waals surface area contributed by atoms with Gasteiger partial charge >= 0.3 is 19.8 Å². The van der Waals surface area contributed by atoms with E-state index >= 15 is 0 Å². The number of hydrogen-bond acceptors (Lipinski definition) is 5. The van der Waals surface area contributed by atoms with Crippen molar-refractivity contribution < 1.29 is 43.5 Å². The van der Waals surface area contributed by atoms with Gasteiger partial charge in [0.2, 0.25) is 0 Å². The average molecular weight is 585 g/mol. The summed E-state index contributed by atoms with van der Waals surface area (Å²) in [4.78, 5) is 13.4. The molecule has 0 radical (unpaired) electrons. The molecule has 4 rings (SSSR count). The Morgan fingerprint density at radius 1 is 1.30 bits per heavy atom. The van der Waals surface area contributed by atoms with Gasteiger partial charge in [0.1, 0.15) is 29.8 Å². The number of ether oxygens (including phenoxy) is 4. The SMILES string of the molecule is C=Cc1c(OC(C)(C)C)ccc2c1OC1COc3c[c-]c(OC)cc3C1C2=O.[CH3-].[Os+2]. The van der Waals surface area contributed by atoms with Crippen molar-refractivity contribution in [1.29, 1.82) is 0 Å². The molecule has 0 saturated carbocycles. The van der Waals surface area contributed by atoms with Gasteiger partial charge in [0.15, 0.2) is 5.78 Å². The topological polar surface area (TPSA) is 54.0 Å². The third-order valence-electron chi connectivity index (χ3n) is 4.84. The van der Waals surface area contributed by atoms with Crippen LogP contribution in [0.4, 0.5) is 0 Å². The van der Waals surface area contributed by atoms with Crippen LogP contribution in [0.3, 0.4) is 0 Å². The Balaban J connectivity index is 0.00000160. The van der Waals surface area contributed by atoms with Crippen molar-refractivity contribution in [2.75, 3.05) is 13.7 Å². The van der Waals surface area contributed by atoms with Crippen molar-refractivity contribution in [3.63, 3.8) is 0 Å². The maximum atomic E-state index is 13.4. The fourth-order valence-electron chi connectivity index (χ4n) is 3.67. The van der Waals surface area contributed by atoms with Gasteiger partial charge in [0.25, 0.3) is 0 Å². The van der Waals surface area contributed by atoms with E-state index in [-0.39, 0.29) is 45.2 Å². The molecule has 0 spiro atoms. The molecule has 2 aromatic rings. The minimum absolute atomic E-state index is 0. The van der Waals surface area contributed by atoms with Crippen molar-refractivity contribution in [2.45, 2.75) is 38.4 Å². The summed E-state index contributed by atoms with van der Waals surface area (Å²) in [7, 11) is 1.57. The van der Waals surface area contributed by atoms with Crippen LogP contribution >= 0.6 is 0 Å². The largest absolute Gasteiger partial charge is 2.00 e. The molecule has 5 nitrogen and oxygen atoms in total. The van der Waals surface area contributed by atoms with E-state index < -0.39 is 12.0 Å². The summed E-state index contributed by atoms with van der Waals surface area (Å²) in [6.45, 7) is 10.1. The summed E-state index contributed by atoms with van der Waals surface area (Å²) < 4.78 is 23.4. The molecular weight excluding hydrogens is 558 g/mol. The minimum Gasteiger partial charge on any atom is -0.547 e. The first-order chi connectivity index (χ1) is 13.3. The van der Waals surface area contributed by atoms with E-state index in [1.807, 2.05) is 26.8 Å². The Morgan fingerprint density at radius 2 is 2.03 bits per heavy atom. The molecule has 6 heteroatoms. The molecule has 2 atom stereocenters. The van der Waals surface area contributed by atoms with Crippen molar-refractivity contribution in [3.8, 4) is 23.0 Å². The van der Waals surface area contributed by atoms with Gasteiger partial charge in [-0.15, -0.1) is 18.2 Å². The molecule has 160 valence electrons. The maximum Gasteiger partial charge on any atom is 2.00 e. The molecule has 0 bridgehead atoms. The Kier molecular flexibility index (Phi) is 7.04.